The summed E-state index contributed by atoms with van der Waals surface area (Å²) in [5, 5.41) is 8.71. The second kappa shape index (κ2) is 10.3. The number of sulfonamides is 1. The summed E-state index contributed by atoms with van der Waals surface area (Å²) in [5.41, 5.74) is 1.25. The van der Waals surface area contributed by atoms with E-state index >= 15 is 0 Å². The maximum absolute atomic E-state index is 14.7. The predicted octanol–water partition coefficient (Wildman–Crippen LogP) is 4.73. The number of hydrogen-bond donors (Lipinski definition) is 1. The molecule has 1 N–H and O–H groups in total. The summed E-state index contributed by atoms with van der Waals surface area (Å²) in [6, 6.07) is 18.0. The quantitative estimate of drug-likeness (QED) is 0.345. The van der Waals surface area contributed by atoms with Crippen LogP contribution in [0.3, 0.4) is 0 Å². The monoisotopic (exact) mass is 516 g/mol. The van der Waals surface area contributed by atoms with Gasteiger partial charge in [-0.2, -0.15) is 0 Å². The van der Waals surface area contributed by atoms with Crippen LogP contribution in [0.4, 0.5) is 10.3 Å². The van der Waals surface area contributed by atoms with Gasteiger partial charge in [0.2, 0.25) is 16.0 Å². The van der Waals surface area contributed by atoms with Gasteiger partial charge in [-0.1, -0.05) is 41.9 Å². The predicted molar refractivity (Wildman–Crippen MR) is 132 cm³/mol. The summed E-state index contributed by atoms with van der Waals surface area (Å²) in [6.45, 7) is 0. The fourth-order valence-corrected chi connectivity index (χ4v) is 4.67. The lowest BCUT2D eigenvalue weighted by Gasteiger charge is -2.18. The average Bonchev–Trinajstić information content (AvgIpc) is 3.25. The minimum Gasteiger partial charge on any atom is -0.494 e. The maximum Gasteiger partial charge on any atom is 0.243 e. The van der Waals surface area contributed by atoms with Gasteiger partial charge in [0.15, 0.2) is 5.82 Å². The minimum atomic E-state index is -3.87. The van der Waals surface area contributed by atoms with E-state index in [4.69, 9.17) is 21.1 Å². The first kappa shape index (κ1) is 24.5. The van der Waals surface area contributed by atoms with E-state index in [0.717, 1.165) is 5.56 Å². The number of hydrogen-bond acceptors (Lipinski definition) is 6. The Bertz CT molecular complexity index is 1420. The SMILES string of the molecule is COc1cccc(OC)c1-n1c(NS(=O)(=O)CCc2ccc(Cl)cc2)nnc1-c1ccccc1F. The van der Waals surface area contributed by atoms with Crippen LogP contribution in [0.15, 0.2) is 66.7 Å². The zero-order chi connectivity index (χ0) is 25.0. The van der Waals surface area contributed by atoms with Gasteiger partial charge in [-0.05, 0) is 48.4 Å². The van der Waals surface area contributed by atoms with E-state index in [1.165, 1.54) is 30.9 Å². The molecule has 0 saturated heterocycles. The van der Waals surface area contributed by atoms with Gasteiger partial charge in [0.25, 0.3) is 0 Å². The Labute approximate surface area is 207 Å². The molecule has 0 aliphatic heterocycles. The largest absolute Gasteiger partial charge is 0.494 e. The van der Waals surface area contributed by atoms with Crippen LogP contribution < -0.4 is 14.2 Å². The molecule has 0 amide bonds. The van der Waals surface area contributed by atoms with Gasteiger partial charge in [0, 0.05) is 5.02 Å². The number of anilines is 1. The van der Waals surface area contributed by atoms with E-state index in [1.807, 2.05) is 0 Å². The molecule has 11 heteroatoms. The van der Waals surface area contributed by atoms with Crippen molar-refractivity contribution in [3.8, 4) is 28.6 Å². The molecule has 1 heterocycles. The summed E-state index contributed by atoms with van der Waals surface area (Å²) >= 11 is 5.90. The first-order chi connectivity index (χ1) is 16.8. The van der Waals surface area contributed by atoms with Crippen molar-refractivity contribution in [3.05, 3.63) is 83.1 Å². The molecule has 3 aromatic carbocycles. The number of ether oxygens (including phenoxy) is 2. The molecule has 4 rings (SSSR count). The summed E-state index contributed by atoms with van der Waals surface area (Å²) in [7, 11) is -0.954. The van der Waals surface area contributed by atoms with E-state index in [2.05, 4.69) is 14.9 Å². The Hall–Kier alpha value is -3.63. The average molecular weight is 517 g/mol. The minimum absolute atomic E-state index is 0.0706. The molecule has 35 heavy (non-hydrogen) atoms. The maximum atomic E-state index is 14.7. The molecule has 4 aromatic rings. The van der Waals surface area contributed by atoms with Crippen LogP contribution in [-0.2, 0) is 16.4 Å². The van der Waals surface area contributed by atoms with E-state index < -0.39 is 15.8 Å². The molecular weight excluding hydrogens is 495 g/mol. The topological polar surface area (TPSA) is 95.3 Å². The third-order valence-corrected chi connectivity index (χ3v) is 6.71. The first-order valence-electron chi connectivity index (χ1n) is 10.5. The molecule has 0 unspecified atom stereocenters. The van der Waals surface area contributed by atoms with Crippen molar-refractivity contribution in [2.75, 3.05) is 24.7 Å². The third kappa shape index (κ3) is 5.39. The van der Waals surface area contributed by atoms with Gasteiger partial charge in [-0.3, -0.25) is 9.29 Å². The van der Waals surface area contributed by atoms with Crippen LogP contribution >= 0.6 is 11.6 Å². The highest BCUT2D eigenvalue weighted by Gasteiger charge is 2.26. The number of rotatable bonds is 9. The number of benzene rings is 3. The smallest absolute Gasteiger partial charge is 0.243 e. The third-order valence-electron chi connectivity index (χ3n) is 5.22. The van der Waals surface area contributed by atoms with Crippen molar-refractivity contribution in [2.24, 2.45) is 0 Å². The van der Waals surface area contributed by atoms with Crippen molar-refractivity contribution in [1.82, 2.24) is 14.8 Å². The molecule has 0 saturated carbocycles. The molecule has 1 aromatic heterocycles. The van der Waals surface area contributed by atoms with Gasteiger partial charge in [-0.25, -0.2) is 12.8 Å². The summed E-state index contributed by atoms with van der Waals surface area (Å²) in [6.07, 6.45) is 0.249. The number of nitrogens with zero attached hydrogens (tertiary/aromatic N) is 3. The summed E-state index contributed by atoms with van der Waals surface area (Å²) in [4.78, 5) is 0. The van der Waals surface area contributed by atoms with Crippen molar-refractivity contribution in [3.63, 3.8) is 0 Å². The van der Waals surface area contributed by atoms with Crippen molar-refractivity contribution >= 4 is 27.6 Å². The van der Waals surface area contributed by atoms with Gasteiger partial charge in [0.1, 0.15) is 23.0 Å². The molecule has 0 aliphatic carbocycles. The van der Waals surface area contributed by atoms with Gasteiger partial charge in [0.05, 0.1) is 25.5 Å². The van der Waals surface area contributed by atoms with Crippen LogP contribution in [0, 0.1) is 5.82 Å². The van der Waals surface area contributed by atoms with Gasteiger partial charge >= 0.3 is 0 Å². The molecule has 0 bridgehead atoms. The molecule has 0 atom stereocenters. The van der Waals surface area contributed by atoms with Gasteiger partial charge < -0.3 is 9.47 Å². The number of methoxy groups -OCH3 is 2. The highest BCUT2D eigenvalue weighted by atomic mass is 35.5. The summed E-state index contributed by atoms with van der Waals surface area (Å²) < 4.78 is 55.6. The normalized spacial score (nSPS) is 11.3. The van der Waals surface area contributed by atoms with E-state index in [9.17, 15) is 12.8 Å². The number of aromatic nitrogens is 3. The Kier molecular flexibility index (Phi) is 7.23. The van der Waals surface area contributed by atoms with Crippen molar-refractivity contribution in [2.45, 2.75) is 6.42 Å². The standard InChI is InChI=1S/C24H22ClFN4O4S/c1-33-20-8-5-9-21(34-2)22(20)30-23(18-6-3-4-7-19(18)26)27-28-24(30)29-35(31,32)15-14-16-10-12-17(25)13-11-16/h3-13H,14-15H2,1-2H3,(H,28,29). The molecule has 0 spiro atoms. The Balaban J connectivity index is 1.79. The zero-order valence-electron chi connectivity index (χ0n) is 18.9. The second-order valence-electron chi connectivity index (χ2n) is 7.47. The molecule has 182 valence electrons. The lowest BCUT2D eigenvalue weighted by atomic mass is 10.2. The Morgan fingerprint density at radius 2 is 1.60 bits per heavy atom. The van der Waals surface area contributed by atoms with E-state index in [-0.39, 0.29) is 29.5 Å². The van der Waals surface area contributed by atoms with E-state index in [0.29, 0.717) is 22.2 Å². The zero-order valence-corrected chi connectivity index (χ0v) is 20.5. The Morgan fingerprint density at radius 3 is 2.23 bits per heavy atom. The lowest BCUT2D eigenvalue weighted by molar-refractivity contribution is 0.391. The number of aryl methyl sites for hydroxylation is 1. The molecule has 8 nitrogen and oxygen atoms in total. The Morgan fingerprint density at radius 1 is 0.943 bits per heavy atom. The van der Waals surface area contributed by atoms with Crippen molar-refractivity contribution in [1.29, 1.82) is 0 Å². The molecule has 0 aliphatic rings. The summed E-state index contributed by atoms with van der Waals surface area (Å²) in [5.74, 6) is -0.137. The number of halogens is 2. The van der Waals surface area contributed by atoms with Crippen molar-refractivity contribution < 1.29 is 22.3 Å². The van der Waals surface area contributed by atoms with Crippen LogP contribution in [-0.4, -0.2) is 43.2 Å². The van der Waals surface area contributed by atoms with Crippen LogP contribution in [0.25, 0.3) is 17.1 Å². The highest BCUT2D eigenvalue weighted by Crippen LogP contribution is 2.38. The highest BCUT2D eigenvalue weighted by molar-refractivity contribution is 7.92. The van der Waals surface area contributed by atoms with Gasteiger partial charge in [-0.15, -0.1) is 10.2 Å². The van der Waals surface area contributed by atoms with Crippen LogP contribution in [0.5, 0.6) is 11.5 Å². The fourth-order valence-electron chi connectivity index (χ4n) is 3.52. The number of para-hydroxylation sites is 1. The lowest BCUT2D eigenvalue weighted by Crippen LogP contribution is -2.21. The molecule has 0 fully saturated rings. The van der Waals surface area contributed by atoms with Crippen LogP contribution in [0.2, 0.25) is 5.02 Å². The van der Waals surface area contributed by atoms with Crippen LogP contribution in [0.1, 0.15) is 5.56 Å². The molecule has 0 radical (unpaired) electrons. The second-order valence-corrected chi connectivity index (χ2v) is 9.75. The molecular formula is C24H22ClFN4O4S. The number of nitrogens with one attached hydrogen (secondary N) is 1. The fraction of sp³-hybridized carbons (Fsp3) is 0.167. The van der Waals surface area contributed by atoms with E-state index in [1.54, 1.807) is 54.6 Å². The first-order valence-corrected chi connectivity index (χ1v) is 12.5.